The number of pyridine rings is 2. The van der Waals surface area contributed by atoms with Gasteiger partial charge in [-0.25, -0.2) is 18.7 Å². The van der Waals surface area contributed by atoms with E-state index in [9.17, 15) is 8.78 Å². The highest BCUT2D eigenvalue weighted by atomic mass is 79.9. The van der Waals surface area contributed by atoms with Gasteiger partial charge in [-0.15, -0.1) is 0 Å². The van der Waals surface area contributed by atoms with Crippen LogP contribution in [0.2, 0.25) is 51.4 Å². The predicted molar refractivity (Wildman–Crippen MR) is 327 cm³/mol. The molecule has 2 aromatic carbocycles. The molecule has 2 fully saturated rings. The summed E-state index contributed by atoms with van der Waals surface area (Å²) in [5.41, 5.74) is 14.1. The lowest BCUT2D eigenvalue weighted by Gasteiger charge is -2.33. The van der Waals surface area contributed by atoms with Crippen LogP contribution in [0.1, 0.15) is 64.8 Å². The van der Waals surface area contributed by atoms with Crippen LogP contribution in [0.15, 0.2) is 82.3 Å². The van der Waals surface area contributed by atoms with E-state index >= 15 is 0 Å². The highest BCUT2D eigenvalue weighted by Gasteiger charge is 2.29. The molecule has 2 aliphatic heterocycles. The first-order valence-electron chi connectivity index (χ1n) is 27.7. The lowest BCUT2D eigenvalue weighted by Crippen LogP contribution is -2.41. The van der Waals surface area contributed by atoms with Gasteiger partial charge < -0.3 is 40.2 Å². The summed E-state index contributed by atoms with van der Waals surface area (Å²) in [4.78, 5) is 21.3. The van der Waals surface area contributed by atoms with E-state index in [-0.39, 0.29) is 36.1 Å². The third-order valence-corrected chi connectivity index (χ3v) is 19.6. The summed E-state index contributed by atoms with van der Waals surface area (Å²) >= 11 is 7.55. The first kappa shape index (κ1) is 59.7. The van der Waals surface area contributed by atoms with Gasteiger partial charge in [-0.1, -0.05) is 39.3 Å². The van der Waals surface area contributed by atoms with E-state index in [0.29, 0.717) is 69.0 Å². The summed E-state index contributed by atoms with van der Waals surface area (Å²) in [5.74, 6) is 0.700. The van der Waals surface area contributed by atoms with Crippen LogP contribution in [0.5, 0.6) is 0 Å². The largest absolute Gasteiger partial charge is 0.383 e. The molecule has 22 heteroatoms. The van der Waals surface area contributed by atoms with Crippen molar-refractivity contribution in [1.82, 2.24) is 49.8 Å². The van der Waals surface area contributed by atoms with E-state index in [0.717, 1.165) is 108 Å². The van der Waals surface area contributed by atoms with Gasteiger partial charge >= 0.3 is 0 Å². The number of nitrogen functional groups attached to an aromatic ring is 1. The zero-order chi connectivity index (χ0) is 57.0. The number of hydrogen-bond acceptors (Lipinski definition) is 14. The summed E-state index contributed by atoms with van der Waals surface area (Å²) < 4.78 is 57.4. The molecule has 2 saturated heterocycles. The Kier molecular flexibility index (Phi) is 19.2. The standard InChI is InChI=1S/C35H52BrFN6O3Si2.C23H24BrFN6O/c1-24-15-29(16-25(2)46-24)38-21-32-33(36)35(42(22-44-11-13-47(3,4)5)23-45-12-14-48(6,7)8)43-34(41-32)30(20-40-43)27-17-26-18-28(37)9-10-31(26)39-19-27;1-12-5-17(6-13(2)32-12)27-11-20-21(24)22(26)31-23(30-20)18(10-29-31)15-7-14-8-16(25)3-4-19(14)28-9-15/h9-10,17-20,24-25,29,38H,11-16,21-23H2,1-8H3;3-4,7-10,12-13,17,27H,5-6,11,26H2,1-2H3/t24-,25+,29?;12-,13+,17?. The smallest absolute Gasteiger partial charge is 0.165 e. The van der Waals surface area contributed by atoms with Gasteiger partial charge in [-0.3, -0.25) is 9.97 Å². The molecular weight excluding hydrogens is 1180 g/mol. The SMILES string of the molecule is C[C@@H]1CC(NCc2nc3c(-c4cnc5ccc(F)cc5c4)cnn3c(N(COCC[Si](C)(C)C)COCC[Si](C)(C)C)c2Br)C[C@H](C)O1.C[C@@H]1CC(NCc2nc3c(-c4cnc5ccc(F)cc5c4)cnn3c(N)c2Br)C[C@H](C)O1. The third kappa shape index (κ3) is 15.0. The fraction of sp³-hybridized carbons (Fsp3) is 0.483. The fourth-order valence-corrected chi connectivity index (χ4v) is 12.9. The first-order valence-corrected chi connectivity index (χ1v) is 36.7. The predicted octanol–water partition coefficient (Wildman–Crippen LogP) is 12.8. The molecule has 428 valence electrons. The quantitative estimate of drug-likeness (QED) is 0.0396. The Morgan fingerprint density at radius 1 is 0.625 bits per heavy atom. The summed E-state index contributed by atoms with van der Waals surface area (Å²) in [7, 11) is -2.55. The maximum absolute atomic E-state index is 14.2. The number of nitrogens with two attached hydrogens (primary N) is 1. The molecule has 0 amide bonds. The Morgan fingerprint density at radius 2 is 1.05 bits per heavy atom. The molecule has 0 aliphatic carbocycles. The molecule has 6 aromatic heterocycles. The second kappa shape index (κ2) is 25.7. The van der Waals surface area contributed by atoms with Crippen molar-refractivity contribution in [3.8, 4) is 22.3 Å². The molecule has 4 N–H and O–H groups in total. The average molecular weight is 1260 g/mol. The summed E-state index contributed by atoms with van der Waals surface area (Å²) in [6, 6.07) is 15.8. The molecule has 16 nitrogen and oxygen atoms in total. The van der Waals surface area contributed by atoms with Gasteiger partial charge in [0.2, 0.25) is 0 Å². The highest BCUT2D eigenvalue weighted by molar-refractivity contribution is 9.11. The van der Waals surface area contributed by atoms with Gasteiger partial charge in [-0.05, 0) is 146 Å². The maximum atomic E-state index is 14.2. The Bertz CT molecular complexity index is 3410. The molecule has 2 unspecified atom stereocenters. The van der Waals surface area contributed by atoms with E-state index in [1.54, 1.807) is 35.2 Å². The van der Waals surface area contributed by atoms with Crippen molar-refractivity contribution < 1.29 is 27.7 Å². The highest BCUT2D eigenvalue weighted by Crippen LogP contribution is 2.36. The Morgan fingerprint density at radius 3 is 1.50 bits per heavy atom. The molecular formula is C58H76Br2F2N12O4Si2. The maximum Gasteiger partial charge on any atom is 0.165 e. The van der Waals surface area contributed by atoms with Gasteiger partial charge in [0.15, 0.2) is 17.1 Å². The zero-order valence-electron chi connectivity index (χ0n) is 47.6. The lowest BCUT2D eigenvalue weighted by molar-refractivity contribution is -0.0426. The normalized spacial score (nSPS) is 20.0. The van der Waals surface area contributed by atoms with Gasteiger partial charge in [0.05, 0.1) is 68.2 Å². The van der Waals surface area contributed by atoms with E-state index in [4.69, 9.17) is 39.7 Å². The van der Waals surface area contributed by atoms with Crippen molar-refractivity contribution in [2.24, 2.45) is 0 Å². The molecule has 0 bridgehead atoms. The van der Waals surface area contributed by atoms with Gasteiger partial charge in [0.1, 0.15) is 30.9 Å². The Hall–Kier alpha value is -4.89. The molecule has 80 heavy (non-hydrogen) atoms. The van der Waals surface area contributed by atoms with Gasteiger partial charge in [0, 0.05) is 100.0 Å². The Labute approximate surface area is 486 Å². The van der Waals surface area contributed by atoms with Crippen molar-refractivity contribution >= 4 is 92.7 Å². The van der Waals surface area contributed by atoms with Crippen LogP contribution < -0.4 is 21.3 Å². The van der Waals surface area contributed by atoms with Crippen LogP contribution in [0, 0.1) is 11.6 Å². The van der Waals surface area contributed by atoms with Crippen molar-refractivity contribution in [2.45, 2.75) is 154 Å². The van der Waals surface area contributed by atoms with E-state index in [1.165, 1.54) is 24.3 Å². The van der Waals surface area contributed by atoms with Gasteiger partial charge in [0.25, 0.3) is 0 Å². The van der Waals surface area contributed by atoms with Crippen molar-refractivity contribution in [3.05, 3.63) is 105 Å². The molecule has 8 heterocycles. The minimum Gasteiger partial charge on any atom is -0.383 e. The minimum absolute atomic E-state index is 0.199. The molecule has 0 spiro atoms. The minimum atomic E-state index is -1.27. The Balaban J connectivity index is 0.000000209. The summed E-state index contributed by atoms with van der Waals surface area (Å²) in [5, 5.41) is 18.1. The van der Waals surface area contributed by atoms with Crippen LogP contribution in [0.25, 0.3) is 55.4 Å². The van der Waals surface area contributed by atoms with Crippen LogP contribution >= 0.6 is 31.9 Å². The number of nitrogens with zero attached hydrogens (tertiary/aromatic N) is 9. The molecule has 0 radical (unpaired) electrons. The molecule has 6 atom stereocenters. The average Bonchev–Trinajstić information content (AvgIpc) is 4.03. The number of hydrogen-bond donors (Lipinski definition) is 3. The lowest BCUT2D eigenvalue weighted by atomic mass is 10.00. The van der Waals surface area contributed by atoms with Crippen molar-refractivity contribution in [3.63, 3.8) is 0 Å². The number of rotatable bonds is 19. The zero-order valence-corrected chi connectivity index (χ0v) is 52.8. The third-order valence-electron chi connectivity index (χ3n) is 14.5. The number of nitrogens with one attached hydrogen (secondary N) is 2. The van der Waals surface area contributed by atoms with Gasteiger partial charge in [-0.2, -0.15) is 19.2 Å². The van der Waals surface area contributed by atoms with Crippen LogP contribution in [0.3, 0.4) is 0 Å². The second-order valence-corrected chi connectivity index (χ2v) is 36.8. The molecule has 0 saturated carbocycles. The van der Waals surface area contributed by atoms with E-state index < -0.39 is 16.1 Å². The number of fused-ring (bicyclic) bond motifs is 4. The summed E-state index contributed by atoms with van der Waals surface area (Å²) in [6.45, 7) is 25.8. The second-order valence-electron chi connectivity index (χ2n) is 24.0. The number of halogens is 4. The van der Waals surface area contributed by atoms with E-state index in [2.05, 4.69) is 129 Å². The van der Waals surface area contributed by atoms with Crippen molar-refractivity contribution in [1.29, 1.82) is 0 Å². The number of aromatic nitrogens is 8. The van der Waals surface area contributed by atoms with Crippen LogP contribution in [-0.4, -0.2) is 118 Å². The van der Waals surface area contributed by atoms with Crippen molar-refractivity contribution in [2.75, 3.05) is 37.3 Å². The topological polar surface area (TPSA) is 176 Å². The molecule has 2 aliphatic rings. The number of benzene rings is 2. The molecule has 10 rings (SSSR count). The van der Waals surface area contributed by atoms with E-state index in [1.807, 2.05) is 22.8 Å². The monoisotopic (exact) mass is 1260 g/mol. The number of ether oxygens (including phenoxy) is 4. The van der Waals surface area contributed by atoms with Crippen LogP contribution in [-0.2, 0) is 32.0 Å². The number of anilines is 2. The fourth-order valence-electron chi connectivity index (χ4n) is 10.4. The summed E-state index contributed by atoms with van der Waals surface area (Å²) in [6.07, 6.45) is 11.7. The molecule has 8 aromatic rings. The first-order chi connectivity index (χ1) is 38.0. The van der Waals surface area contributed by atoms with Crippen LogP contribution in [0.4, 0.5) is 20.4 Å².